The van der Waals surface area contributed by atoms with Gasteiger partial charge in [-0.05, 0) is 42.8 Å². The van der Waals surface area contributed by atoms with Crippen molar-refractivity contribution >= 4 is 33.8 Å². The van der Waals surface area contributed by atoms with Crippen molar-refractivity contribution in [3.05, 3.63) is 52.3 Å². The smallest absolute Gasteiger partial charge is 0.107 e. The number of hydrogen-bond acceptors (Lipinski definition) is 3. The fourth-order valence-electron chi connectivity index (χ4n) is 3.40. The molecule has 0 spiro atoms. The summed E-state index contributed by atoms with van der Waals surface area (Å²) in [6.45, 7) is 7.81. The van der Waals surface area contributed by atoms with Crippen LogP contribution in [0.2, 0.25) is 0 Å². The molecule has 4 heteroatoms. The summed E-state index contributed by atoms with van der Waals surface area (Å²) in [6.07, 6.45) is 9.22. The van der Waals surface area contributed by atoms with E-state index in [2.05, 4.69) is 52.7 Å². The van der Waals surface area contributed by atoms with Crippen molar-refractivity contribution in [1.29, 1.82) is 0 Å². The lowest BCUT2D eigenvalue weighted by molar-refractivity contribution is 0.267. The van der Waals surface area contributed by atoms with E-state index in [0.29, 0.717) is 0 Å². The summed E-state index contributed by atoms with van der Waals surface area (Å²) in [6, 6.07) is 6.43. The number of aryl methyl sites for hydroxylation is 1. The van der Waals surface area contributed by atoms with Crippen molar-refractivity contribution in [2.24, 2.45) is 0 Å². The highest BCUT2D eigenvalue weighted by Gasteiger charge is 2.23. The van der Waals surface area contributed by atoms with E-state index in [1.165, 1.54) is 26.4 Å². The van der Waals surface area contributed by atoms with Crippen molar-refractivity contribution < 1.29 is 0 Å². The fourth-order valence-corrected chi connectivity index (χ4v) is 4.44. The maximum Gasteiger partial charge on any atom is 0.107 e. The second kappa shape index (κ2) is 5.95. The van der Waals surface area contributed by atoms with Gasteiger partial charge in [0.2, 0.25) is 0 Å². The predicted molar refractivity (Wildman–Crippen MR) is 98.7 cm³/mol. The van der Waals surface area contributed by atoms with E-state index in [4.69, 9.17) is 0 Å². The lowest BCUT2D eigenvalue weighted by Crippen LogP contribution is -2.30. The average Bonchev–Trinajstić information content (AvgIpc) is 3.09. The van der Waals surface area contributed by atoms with Crippen LogP contribution in [0.25, 0.3) is 22.5 Å². The Balaban J connectivity index is 1.81. The predicted octanol–water partition coefficient (Wildman–Crippen LogP) is 4.41. The van der Waals surface area contributed by atoms with E-state index in [0.717, 1.165) is 31.6 Å². The molecule has 0 N–H and O–H groups in total. The number of thiophene rings is 1. The first-order valence-electron chi connectivity index (χ1n) is 8.19. The lowest BCUT2D eigenvalue weighted by Gasteiger charge is -2.26. The molecule has 0 atom stereocenters. The maximum absolute atomic E-state index is 4.19. The van der Waals surface area contributed by atoms with E-state index in [-0.39, 0.29) is 0 Å². The van der Waals surface area contributed by atoms with Gasteiger partial charge >= 0.3 is 0 Å². The van der Waals surface area contributed by atoms with Gasteiger partial charge in [-0.1, -0.05) is 13.0 Å². The molecular formula is C19H21N3S. The molecular weight excluding hydrogens is 302 g/mol. The largest absolute Gasteiger partial charge is 0.312 e. The molecule has 118 valence electrons. The molecule has 3 nitrogen and oxygen atoms in total. The minimum Gasteiger partial charge on any atom is -0.312 e. The Bertz CT molecular complexity index is 858. The minimum absolute atomic E-state index is 1.08. The second-order valence-electron chi connectivity index (χ2n) is 6.09. The number of likely N-dealkylation sites (N-methyl/N-ethyl adjacent to an activating group) is 1. The summed E-state index contributed by atoms with van der Waals surface area (Å²) in [5, 5.41) is 1.44. The Morgan fingerprint density at radius 3 is 3.09 bits per heavy atom. The number of rotatable bonds is 3. The molecule has 0 bridgehead atoms. The SMILES string of the molecule is CCN1CCc2c(c3cc(C)sc3n2C=Cc2cccnc2)C1. The molecule has 0 saturated heterocycles. The van der Waals surface area contributed by atoms with Crippen LogP contribution in [0.5, 0.6) is 0 Å². The third-order valence-corrected chi connectivity index (χ3v) is 5.66. The van der Waals surface area contributed by atoms with Crippen molar-refractivity contribution in [3.8, 4) is 0 Å². The van der Waals surface area contributed by atoms with Crippen LogP contribution in [0.15, 0.2) is 30.6 Å². The molecule has 23 heavy (non-hydrogen) atoms. The molecule has 0 fully saturated rings. The highest BCUT2D eigenvalue weighted by Crippen LogP contribution is 2.36. The van der Waals surface area contributed by atoms with Gasteiger partial charge < -0.3 is 4.57 Å². The van der Waals surface area contributed by atoms with Crippen LogP contribution in [-0.2, 0) is 13.0 Å². The summed E-state index contributed by atoms with van der Waals surface area (Å²) < 4.78 is 2.41. The number of aromatic nitrogens is 2. The van der Waals surface area contributed by atoms with Gasteiger partial charge in [0.15, 0.2) is 0 Å². The Hall–Kier alpha value is -1.91. The fraction of sp³-hybridized carbons (Fsp3) is 0.316. The maximum atomic E-state index is 4.19. The number of hydrogen-bond donors (Lipinski definition) is 0. The quantitative estimate of drug-likeness (QED) is 0.712. The molecule has 3 aromatic rings. The van der Waals surface area contributed by atoms with Gasteiger partial charge in [0.1, 0.15) is 4.83 Å². The van der Waals surface area contributed by atoms with Gasteiger partial charge in [0.05, 0.1) is 0 Å². The summed E-state index contributed by atoms with van der Waals surface area (Å²) in [4.78, 5) is 9.49. The molecule has 1 aliphatic rings. The van der Waals surface area contributed by atoms with Crippen LogP contribution < -0.4 is 0 Å². The number of pyridine rings is 1. The Labute approximate surface area is 140 Å². The Morgan fingerprint density at radius 2 is 2.30 bits per heavy atom. The van der Waals surface area contributed by atoms with E-state index < -0.39 is 0 Å². The van der Waals surface area contributed by atoms with Gasteiger partial charge in [-0.3, -0.25) is 9.88 Å². The van der Waals surface area contributed by atoms with Crippen LogP contribution in [0.3, 0.4) is 0 Å². The number of fused-ring (bicyclic) bond motifs is 3. The molecule has 4 rings (SSSR count). The molecule has 4 heterocycles. The zero-order chi connectivity index (χ0) is 15.8. The van der Waals surface area contributed by atoms with Gasteiger partial charge in [0.25, 0.3) is 0 Å². The zero-order valence-electron chi connectivity index (χ0n) is 13.6. The zero-order valence-corrected chi connectivity index (χ0v) is 14.4. The highest BCUT2D eigenvalue weighted by atomic mass is 32.1. The van der Waals surface area contributed by atoms with Crippen LogP contribution in [-0.4, -0.2) is 27.5 Å². The first-order chi connectivity index (χ1) is 11.3. The van der Waals surface area contributed by atoms with E-state index >= 15 is 0 Å². The van der Waals surface area contributed by atoms with Gasteiger partial charge in [-0.15, -0.1) is 11.3 Å². The van der Waals surface area contributed by atoms with Crippen molar-refractivity contribution in [3.63, 3.8) is 0 Å². The van der Waals surface area contributed by atoms with Crippen LogP contribution >= 0.6 is 11.3 Å². The molecule has 1 aliphatic heterocycles. The minimum atomic E-state index is 1.08. The van der Waals surface area contributed by atoms with Crippen LogP contribution in [0, 0.1) is 6.92 Å². The monoisotopic (exact) mass is 323 g/mol. The van der Waals surface area contributed by atoms with Crippen molar-refractivity contribution in [1.82, 2.24) is 14.5 Å². The standard InChI is InChI=1S/C19H21N3S/c1-3-21-9-7-18-17(13-21)16-11-14(2)23-19(16)22(18)10-6-15-5-4-8-20-12-15/h4-6,8,10-12H,3,7,9,13H2,1-2H3. The third kappa shape index (κ3) is 2.62. The first-order valence-corrected chi connectivity index (χ1v) is 9.00. The summed E-state index contributed by atoms with van der Waals surface area (Å²) >= 11 is 1.89. The lowest BCUT2D eigenvalue weighted by atomic mass is 10.1. The molecule has 0 amide bonds. The molecule has 3 aromatic heterocycles. The molecule has 0 aromatic carbocycles. The van der Waals surface area contributed by atoms with Crippen molar-refractivity contribution in [2.45, 2.75) is 26.8 Å². The summed E-state index contributed by atoms with van der Waals surface area (Å²) in [7, 11) is 0. The molecule has 0 unspecified atom stereocenters. The first kappa shape index (κ1) is 14.7. The van der Waals surface area contributed by atoms with Crippen LogP contribution in [0.1, 0.15) is 28.6 Å². The number of nitrogens with zero attached hydrogens (tertiary/aromatic N) is 3. The second-order valence-corrected chi connectivity index (χ2v) is 7.33. The summed E-state index contributed by atoms with van der Waals surface area (Å²) in [5.41, 5.74) is 4.15. The molecule has 0 aliphatic carbocycles. The van der Waals surface area contributed by atoms with Gasteiger partial charge in [-0.2, -0.15) is 0 Å². The highest BCUT2D eigenvalue weighted by molar-refractivity contribution is 7.18. The Kier molecular flexibility index (Phi) is 3.79. The van der Waals surface area contributed by atoms with Gasteiger partial charge in [0, 0.05) is 54.1 Å². The summed E-state index contributed by atoms with van der Waals surface area (Å²) in [5.74, 6) is 0. The topological polar surface area (TPSA) is 21.1 Å². The molecule has 0 saturated carbocycles. The average molecular weight is 323 g/mol. The third-order valence-electron chi connectivity index (χ3n) is 4.61. The van der Waals surface area contributed by atoms with Crippen molar-refractivity contribution in [2.75, 3.05) is 13.1 Å². The van der Waals surface area contributed by atoms with E-state index in [1.54, 1.807) is 0 Å². The normalized spacial score (nSPS) is 15.6. The Morgan fingerprint density at radius 1 is 1.39 bits per heavy atom. The van der Waals surface area contributed by atoms with E-state index in [1.807, 2.05) is 29.8 Å². The molecule has 0 radical (unpaired) electrons. The van der Waals surface area contributed by atoms with Crippen LogP contribution in [0.4, 0.5) is 0 Å². The van der Waals surface area contributed by atoms with Gasteiger partial charge in [-0.25, -0.2) is 0 Å². The van der Waals surface area contributed by atoms with E-state index in [9.17, 15) is 0 Å².